The van der Waals surface area contributed by atoms with E-state index >= 15 is 0 Å². The number of nitrogens with one attached hydrogen (secondary N) is 2. The number of amides is 1. The number of aryl methyl sites for hydroxylation is 1. The minimum atomic E-state index is 0.226. The van der Waals surface area contributed by atoms with Crippen molar-refractivity contribution in [2.75, 3.05) is 32.8 Å². The van der Waals surface area contributed by atoms with Gasteiger partial charge in [-0.2, -0.15) is 0 Å². The van der Waals surface area contributed by atoms with Crippen molar-refractivity contribution in [3.05, 3.63) is 29.8 Å². The number of hydrogen-bond donors (Lipinski definition) is 2. The van der Waals surface area contributed by atoms with Gasteiger partial charge in [-0.15, -0.1) is 0 Å². The Morgan fingerprint density at radius 1 is 1.31 bits per heavy atom. The lowest BCUT2D eigenvalue weighted by Crippen LogP contribution is -2.45. The Hall–Kier alpha value is -2.24. The summed E-state index contributed by atoms with van der Waals surface area (Å²) in [6.07, 6.45) is 2.39. The first-order valence-corrected chi connectivity index (χ1v) is 9.64. The summed E-state index contributed by atoms with van der Waals surface area (Å²) < 4.78 is 5.73. The molecule has 1 atom stereocenters. The van der Waals surface area contributed by atoms with Gasteiger partial charge in [0, 0.05) is 45.1 Å². The highest BCUT2D eigenvalue weighted by Gasteiger charge is 2.25. The molecule has 1 heterocycles. The Morgan fingerprint density at radius 2 is 2.08 bits per heavy atom. The first kappa shape index (κ1) is 20.1. The zero-order valence-corrected chi connectivity index (χ0v) is 16.3. The molecule has 0 saturated carbocycles. The van der Waals surface area contributed by atoms with Gasteiger partial charge >= 0.3 is 0 Å². The number of benzene rings is 1. The Balaban J connectivity index is 1.72. The van der Waals surface area contributed by atoms with E-state index < -0.39 is 0 Å². The number of likely N-dealkylation sites (tertiary alicyclic amines) is 1. The Morgan fingerprint density at radius 3 is 2.77 bits per heavy atom. The molecule has 1 aliphatic rings. The fourth-order valence-electron chi connectivity index (χ4n) is 2.92. The van der Waals surface area contributed by atoms with Crippen LogP contribution in [0.25, 0.3) is 0 Å². The number of guanidine groups is 1. The van der Waals surface area contributed by atoms with Crippen LogP contribution in [0.1, 0.15) is 38.7 Å². The maximum atomic E-state index is 11.8. The number of carbonyl (C=O) groups is 1. The minimum Gasteiger partial charge on any atom is -0.494 e. The molecule has 1 aromatic carbocycles. The second-order valence-electron chi connectivity index (χ2n) is 6.60. The molecule has 1 saturated heterocycles. The summed E-state index contributed by atoms with van der Waals surface area (Å²) in [6.45, 7) is 9.78. The highest BCUT2D eigenvalue weighted by atomic mass is 16.5. The molecule has 2 N–H and O–H groups in total. The van der Waals surface area contributed by atoms with E-state index in [-0.39, 0.29) is 11.9 Å². The summed E-state index contributed by atoms with van der Waals surface area (Å²) in [5, 5.41) is 6.72. The standard InChI is InChI=1S/C20H32N4O2/c1-4-19(25)24-13-11-17(15-24)23-20(21-5-2)22-12-6-14-26-18-9-7-16(3)8-10-18/h7-10,17H,4-6,11-15H2,1-3H3,(H2,21,22,23). The van der Waals surface area contributed by atoms with Gasteiger partial charge in [0.1, 0.15) is 5.75 Å². The zero-order chi connectivity index (χ0) is 18.8. The lowest BCUT2D eigenvalue weighted by Gasteiger charge is -2.18. The van der Waals surface area contributed by atoms with Crippen LogP contribution in [0.2, 0.25) is 0 Å². The van der Waals surface area contributed by atoms with Crippen LogP contribution in [0.3, 0.4) is 0 Å². The molecule has 6 heteroatoms. The van der Waals surface area contributed by atoms with Crippen molar-refractivity contribution < 1.29 is 9.53 Å². The first-order chi connectivity index (χ1) is 12.6. The van der Waals surface area contributed by atoms with E-state index in [4.69, 9.17) is 4.74 Å². The topological polar surface area (TPSA) is 66.0 Å². The van der Waals surface area contributed by atoms with Crippen molar-refractivity contribution in [1.29, 1.82) is 0 Å². The van der Waals surface area contributed by atoms with Gasteiger partial charge in [0.25, 0.3) is 0 Å². The minimum absolute atomic E-state index is 0.226. The highest BCUT2D eigenvalue weighted by molar-refractivity contribution is 5.80. The molecular formula is C20H32N4O2. The molecular weight excluding hydrogens is 328 g/mol. The molecule has 26 heavy (non-hydrogen) atoms. The van der Waals surface area contributed by atoms with Crippen molar-refractivity contribution in [2.24, 2.45) is 4.99 Å². The molecule has 0 aliphatic carbocycles. The SMILES string of the molecule is CCNC(=NCCCOc1ccc(C)cc1)NC1CCN(C(=O)CC)C1. The third kappa shape index (κ3) is 6.58. The zero-order valence-electron chi connectivity index (χ0n) is 16.3. The Labute approximate surface area is 157 Å². The quantitative estimate of drug-likeness (QED) is 0.424. The van der Waals surface area contributed by atoms with Gasteiger partial charge < -0.3 is 20.3 Å². The molecule has 0 radical (unpaired) electrons. The van der Waals surface area contributed by atoms with Crippen LogP contribution in [-0.4, -0.2) is 55.6 Å². The molecule has 0 spiro atoms. The van der Waals surface area contributed by atoms with Gasteiger partial charge in [-0.1, -0.05) is 24.6 Å². The van der Waals surface area contributed by atoms with E-state index in [1.165, 1.54) is 5.56 Å². The number of nitrogens with zero attached hydrogens (tertiary/aromatic N) is 2. The highest BCUT2D eigenvalue weighted by Crippen LogP contribution is 2.12. The summed E-state index contributed by atoms with van der Waals surface area (Å²) in [5.41, 5.74) is 1.23. The van der Waals surface area contributed by atoms with E-state index in [2.05, 4.69) is 41.6 Å². The van der Waals surface area contributed by atoms with E-state index in [9.17, 15) is 4.79 Å². The molecule has 1 unspecified atom stereocenters. The average Bonchev–Trinajstić information content (AvgIpc) is 3.11. The fraction of sp³-hybridized carbons (Fsp3) is 0.600. The van der Waals surface area contributed by atoms with Crippen molar-refractivity contribution in [1.82, 2.24) is 15.5 Å². The number of hydrogen-bond acceptors (Lipinski definition) is 3. The molecule has 1 amide bonds. The fourth-order valence-corrected chi connectivity index (χ4v) is 2.92. The summed E-state index contributed by atoms with van der Waals surface area (Å²) >= 11 is 0. The second-order valence-corrected chi connectivity index (χ2v) is 6.60. The first-order valence-electron chi connectivity index (χ1n) is 9.64. The van der Waals surface area contributed by atoms with Crippen LogP contribution in [-0.2, 0) is 4.79 Å². The largest absolute Gasteiger partial charge is 0.494 e. The summed E-state index contributed by atoms with van der Waals surface area (Å²) in [5.74, 6) is 1.94. The third-order valence-electron chi connectivity index (χ3n) is 4.39. The van der Waals surface area contributed by atoms with Gasteiger partial charge in [0.15, 0.2) is 5.96 Å². The third-order valence-corrected chi connectivity index (χ3v) is 4.39. The van der Waals surface area contributed by atoms with Crippen molar-refractivity contribution in [3.63, 3.8) is 0 Å². The maximum absolute atomic E-state index is 11.8. The van der Waals surface area contributed by atoms with Crippen LogP contribution < -0.4 is 15.4 Å². The van der Waals surface area contributed by atoms with E-state index in [0.717, 1.165) is 44.2 Å². The number of carbonyl (C=O) groups excluding carboxylic acids is 1. The van der Waals surface area contributed by atoms with Crippen LogP contribution in [0.4, 0.5) is 0 Å². The molecule has 2 rings (SSSR count). The number of aliphatic imine (C=N–C) groups is 1. The van der Waals surface area contributed by atoms with Gasteiger partial charge in [-0.25, -0.2) is 0 Å². The van der Waals surface area contributed by atoms with Crippen LogP contribution in [0, 0.1) is 6.92 Å². The molecule has 0 aromatic heterocycles. The molecule has 144 valence electrons. The number of ether oxygens (including phenoxy) is 1. The van der Waals surface area contributed by atoms with Crippen LogP contribution in [0.15, 0.2) is 29.3 Å². The lowest BCUT2D eigenvalue weighted by atomic mass is 10.2. The molecule has 0 bridgehead atoms. The summed E-state index contributed by atoms with van der Waals surface area (Å²) in [4.78, 5) is 18.3. The summed E-state index contributed by atoms with van der Waals surface area (Å²) in [7, 11) is 0. The second kappa shape index (κ2) is 10.7. The van der Waals surface area contributed by atoms with Gasteiger partial charge in [-0.05, 0) is 32.4 Å². The summed E-state index contributed by atoms with van der Waals surface area (Å²) in [6, 6.07) is 8.36. The van der Waals surface area contributed by atoms with E-state index in [1.54, 1.807) is 0 Å². The maximum Gasteiger partial charge on any atom is 0.222 e. The van der Waals surface area contributed by atoms with Crippen molar-refractivity contribution in [3.8, 4) is 5.75 Å². The van der Waals surface area contributed by atoms with E-state index in [0.29, 0.717) is 19.6 Å². The van der Waals surface area contributed by atoms with Gasteiger partial charge in [-0.3, -0.25) is 9.79 Å². The van der Waals surface area contributed by atoms with Crippen molar-refractivity contribution >= 4 is 11.9 Å². The Kier molecular flexibility index (Phi) is 8.25. The molecule has 1 aromatic rings. The number of rotatable bonds is 8. The lowest BCUT2D eigenvalue weighted by molar-refractivity contribution is -0.129. The smallest absolute Gasteiger partial charge is 0.222 e. The predicted octanol–water partition coefficient (Wildman–Crippen LogP) is 2.33. The molecule has 1 aliphatic heterocycles. The van der Waals surface area contributed by atoms with Gasteiger partial charge in [0.2, 0.25) is 5.91 Å². The molecule has 1 fully saturated rings. The Bertz CT molecular complexity index is 586. The van der Waals surface area contributed by atoms with Gasteiger partial charge in [0.05, 0.1) is 6.61 Å². The van der Waals surface area contributed by atoms with Crippen LogP contribution >= 0.6 is 0 Å². The monoisotopic (exact) mass is 360 g/mol. The normalized spacial score (nSPS) is 17.3. The average molecular weight is 361 g/mol. The predicted molar refractivity (Wildman–Crippen MR) is 106 cm³/mol. The van der Waals surface area contributed by atoms with Crippen molar-refractivity contribution in [2.45, 2.75) is 46.1 Å². The van der Waals surface area contributed by atoms with E-state index in [1.807, 2.05) is 24.0 Å². The van der Waals surface area contributed by atoms with Crippen LogP contribution in [0.5, 0.6) is 5.75 Å². The molecule has 6 nitrogen and oxygen atoms in total.